The molecule has 1 amide bonds. The summed E-state index contributed by atoms with van der Waals surface area (Å²) in [4.78, 5) is 38.8. The van der Waals surface area contributed by atoms with Crippen molar-refractivity contribution in [1.82, 2.24) is 4.90 Å². The first-order valence-electron chi connectivity index (χ1n) is 9.23. The highest BCUT2D eigenvalue weighted by atomic mass is 32.2. The molecule has 3 rings (SSSR count). The van der Waals surface area contributed by atoms with Crippen LogP contribution < -0.4 is 0 Å². The number of benzene rings is 2. The van der Waals surface area contributed by atoms with Crippen molar-refractivity contribution < 1.29 is 23.3 Å². The van der Waals surface area contributed by atoms with Crippen LogP contribution in [0.4, 0.5) is 0 Å². The van der Waals surface area contributed by atoms with E-state index in [0.29, 0.717) is 5.56 Å². The van der Waals surface area contributed by atoms with Crippen LogP contribution in [0.5, 0.6) is 0 Å². The second-order valence-electron chi connectivity index (χ2n) is 6.42. The molecule has 1 saturated heterocycles. The van der Waals surface area contributed by atoms with Gasteiger partial charge < -0.3 is 4.74 Å². The zero-order chi connectivity index (χ0) is 20.8. The molecule has 1 heterocycles. The highest BCUT2D eigenvalue weighted by Gasteiger charge is 2.44. The number of ether oxygens (including phenoxy) is 1. The van der Waals surface area contributed by atoms with Gasteiger partial charge in [-0.15, -0.1) is 0 Å². The number of carbonyl (C=O) groups is 3. The van der Waals surface area contributed by atoms with E-state index in [-0.39, 0.29) is 30.4 Å². The molecule has 2 atom stereocenters. The first kappa shape index (κ1) is 20.7. The van der Waals surface area contributed by atoms with Gasteiger partial charge in [-0.3, -0.25) is 23.5 Å². The Balaban J connectivity index is 1.93. The van der Waals surface area contributed by atoms with Gasteiger partial charge in [-0.05, 0) is 12.5 Å². The number of ketones is 1. The summed E-state index contributed by atoms with van der Waals surface area (Å²) in [6.07, 6.45) is 0.943. The lowest BCUT2D eigenvalue weighted by molar-refractivity contribution is -0.144. The van der Waals surface area contributed by atoms with Crippen molar-refractivity contribution in [2.24, 2.45) is 0 Å². The van der Waals surface area contributed by atoms with E-state index in [0.717, 1.165) is 5.56 Å². The first-order chi connectivity index (χ1) is 14.0. The van der Waals surface area contributed by atoms with E-state index in [1.165, 1.54) is 11.0 Å². The molecule has 0 spiro atoms. The van der Waals surface area contributed by atoms with Crippen LogP contribution in [0.1, 0.15) is 29.3 Å². The fourth-order valence-electron chi connectivity index (χ4n) is 3.02. The Morgan fingerprint density at radius 1 is 1.07 bits per heavy atom. The van der Waals surface area contributed by atoms with E-state index < -0.39 is 27.9 Å². The number of esters is 1. The smallest absolute Gasteiger partial charge is 0.307 e. The average molecular weight is 411 g/mol. The molecule has 0 aliphatic carbocycles. The van der Waals surface area contributed by atoms with E-state index in [2.05, 4.69) is 0 Å². The first-order valence-corrected chi connectivity index (χ1v) is 10.4. The lowest BCUT2D eigenvalue weighted by atomic mass is 10.1. The molecule has 2 aromatic carbocycles. The third kappa shape index (κ3) is 4.86. The normalized spacial score (nSPS) is 20.1. The van der Waals surface area contributed by atoms with Gasteiger partial charge >= 0.3 is 5.97 Å². The van der Waals surface area contributed by atoms with Gasteiger partial charge in [0.05, 0.1) is 30.4 Å². The molecule has 29 heavy (non-hydrogen) atoms. The number of amides is 1. The lowest BCUT2D eigenvalue weighted by Crippen LogP contribution is -2.30. The molecule has 0 aromatic heterocycles. The number of hydrogen-bond donors (Lipinski definition) is 0. The average Bonchev–Trinajstić information content (AvgIpc) is 2.94. The zero-order valence-corrected chi connectivity index (χ0v) is 16.8. The lowest BCUT2D eigenvalue weighted by Gasteiger charge is -2.17. The Labute approximate surface area is 171 Å². The molecular weight excluding hydrogens is 390 g/mol. The summed E-state index contributed by atoms with van der Waals surface area (Å²) >= 11 is 0. The fourth-order valence-corrected chi connectivity index (χ4v) is 4.50. The Hall–Kier alpha value is -3.06. The summed E-state index contributed by atoms with van der Waals surface area (Å²) in [5.74, 6) is -1.39. The molecule has 1 fully saturated rings. The van der Waals surface area contributed by atoms with Crippen LogP contribution in [-0.4, -0.2) is 38.6 Å². The maximum absolute atomic E-state index is 13.0. The highest BCUT2D eigenvalue weighted by molar-refractivity contribution is 7.91. The quantitative estimate of drug-likeness (QED) is 0.398. The van der Waals surface area contributed by atoms with Gasteiger partial charge in [0.15, 0.2) is 5.78 Å². The number of hydrogen-bond acceptors (Lipinski definition) is 5. The molecule has 2 aromatic rings. The molecular formula is C22H21NO5S. The van der Waals surface area contributed by atoms with Gasteiger partial charge in [-0.2, -0.15) is 0 Å². The van der Waals surface area contributed by atoms with Crippen LogP contribution in [0.15, 0.2) is 71.8 Å². The Bertz CT molecular complexity index is 956. The second-order valence-corrected chi connectivity index (χ2v) is 8.00. The molecule has 1 aliphatic rings. The van der Waals surface area contributed by atoms with Gasteiger partial charge in [-0.1, -0.05) is 60.7 Å². The van der Waals surface area contributed by atoms with Crippen LogP contribution in [0.25, 0.3) is 0 Å². The fraction of sp³-hybridized carbons (Fsp3) is 0.227. The molecule has 0 bridgehead atoms. The third-order valence-electron chi connectivity index (χ3n) is 4.43. The molecule has 1 aliphatic heterocycles. The molecule has 6 nitrogen and oxygen atoms in total. The molecule has 150 valence electrons. The van der Waals surface area contributed by atoms with Crippen LogP contribution in [0, 0.1) is 0 Å². The van der Waals surface area contributed by atoms with Crippen molar-refractivity contribution in [3.63, 3.8) is 0 Å². The third-order valence-corrected chi connectivity index (χ3v) is 6.06. The SMILES string of the molecule is CCOC(=O)C[C@H]1C(=O)N(Cc2ccccc2)/C(=C/C(=O)c2ccccc2)S1=O. The second kappa shape index (κ2) is 9.43. The summed E-state index contributed by atoms with van der Waals surface area (Å²) < 4.78 is 18.0. The van der Waals surface area contributed by atoms with Crippen LogP contribution in [0.3, 0.4) is 0 Å². The monoisotopic (exact) mass is 411 g/mol. The number of rotatable bonds is 7. The molecule has 1 unspecified atom stereocenters. The Morgan fingerprint density at radius 3 is 2.31 bits per heavy atom. The van der Waals surface area contributed by atoms with Crippen LogP contribution in [-0.2, 0) is 31.7 Å². The van der Waals surface area contributed by atoms with Crippen LogP contribution in [0.2, 0.25) is 0 Å². The molecule has 0 saturated carbocycles. The summed E-state index contributed by atoms with van der Waals surface area (Å²) in [7, 11) is -1.83. The topological polar surface area (TPSA) is 80.8 Å². The predicted molar refractivity (Wildman–Crippen MR) is 109 cm³/mol. The Kier molecular flexibility index (Phi) is 6.72. The van der Waals surface area contributed by atoms with E-state index in [9.17, 15) is 18.6 Å². The van der Waals surface area contributed by atoms with Crippen molar-refractivity contribution in [2.45, 2.75) is 25.1 Å². The predicted octanol–water partition coefficient (Wildman–Crippen LogP) is 2.82. The zero-order valence-electron chi connectivity index (χ0n) is 15.9. The molecule has 7 heteroatoms. The van der Waals surface area contributed by atoms with E-state index in [1.54, 1.807) is 37.3 Å². The van der Waals surface area contributed by atoms with Crippen LogP contribution >= 0.6 is 0 Å². The summed E-state index contributed by atoms with van der Waals surface area (Å²) in [6, 6.07) is 17.7. The standard InChI is InChI=1S/C22H21NO5S/c1-2-28-21(25)14-19-22(26)23(15-16-9-5-3-6-10-16)20(29(19)27)13-18(24)17-11-7-4-8-12-17/h3-13,19H,2,14-15H2,1H3/b20-13-/t19-,29?/m0/s1. The van der Waals surface area contributed by atoms with Gasteiger partial charge in [0.25, 0.3) is 0 Å². The Morgan fingerprint density at radius 2 is 1.69 bits per heavy atom. The molecule has 0 N–H and O–H groups in total. The highest BCUT2D eigenvalue weighted by Crippen LogP contribution is 2.30. The minimum Gasteiger partial charge on any atom is -0.466 e. The molecule has 0 radical (unpaired) electrons. The van der Waals surface area contributed by atoms with E-state index in [4.69, 9.17) is 4.74 Å². The van der Waals surface area contributed by atoms with Crippen molar-refractivity contribution in [2.75, 3.05) is 6.61 Å². The number of allylic oxidation sites excluding steroid dienone is 1. The minimum atomic E-state index is -1.83. The number of carbonyl (C=O) groups excluding carboxylic acids is 3. The van der Waals surface area contributed by atoms with Gasteiger partial charge in [0.1, 0.15) is 10.3 Å². The largest absolute Gasteiger partial charge is 0.466 e. The number of nitrogens with zero attached hydrogens (tertiary/aromatic N) is 1. The maximum atomic E-state index is 13.0. The van der Waals surface area contributed by atoms with Crippen molar-refractivity contribution in [3.8, 4) is 0 Å². The summed E-state index contributed by atoms with van der Waals surface area (Å²) in [6.45, 7) is 2.00. The van der Waals surface area contributed by atoms with Gasteiger partial charge in [0, 0.05) is 11.6 Å². The maximum Gasteiger partial charge on any atom is 0.307 e. The van der Waals surface area contributed by atoms with Gasteiger partial charge in [0.2, 0.25) is 5.91 Å². The van der Waals surface area contributed by atoms with Gasteiger partial charge in [-0.25, -0.2) is 0 Å². The minimum absolute atomic E-state index is 0.113. The van der Waals surface area contributed by atoms with Crippen molar-refractivity contribution in [1.29, 1.82) is 0 Å². The van der Waals surface area contributed by atoms with Crippen molar-refractivity contribution in [3.05, 3.63) is 82.9 Å². The summed E-state index contributed by atoms with van der Waals surface area (Å²) in [5, 5.41) is -0.949. The summed E-state index contributed by atoms with van der Waals surface area (Å²) in [5.41, 5.74) is 1.26. The van der Waals surface area contributed by atoms with E-state index >= 15 is 0 Å². The van der Waals surface area contributed by atoms with Crippen molar-refractivity contribution >= 4 is 28.5 Å². The van der Waals surface area contributed by atoms with E-state index in [1.807, 2.05) is 30.3 Å².